The van der Waals surface area contributed by atoms with E-state index in [2.05, 4.69) is 31.2 Å². The Balaban J connectivity index is 2.08. The van der Waals surface area contributed by atoms with E-state index in [0.29, 0.717) is 5.54 Å². The van der Waals surface area contributed by atoms with Crippen LogP contribution < -0.4 is 5.32 Å². The third-order valence-corrected chi connectivity index (χ3v) is 4.98. The molecule has 1 N–H and O–H groups in total. The Labute approximate surface area is 107 Å². The Kier molecular flexibility index (Phi) is 4.48. The van der Waals surface area contributed by atoms with E-state index in [1.54, 1.807) is 0 Å². The first kappa shape index (κ1) is 13.4. The van der Waals surface area contributed by atoms with E-state index in [1.165, 1.54) is 51.4 Å². The van der Waals surface area contributed by atoms with Crippen LogP contribution in [-0.2, 0) is 0 Å². The summed E-state index contributed by atoms with van der Waals surface area (Å²) < 4.78 is 0. The predicted molar refractivity (Wildman–Crippen MR) is 74.3 cm³/mol. The number of nitrogens with zero attached hydrogens (tertiary/aromatic N) is 1. The smallest absolute Gasteiger partial charge is 0.0356 e. The van der Waals surface area contributed by atoms with Crippen LogP contribution in [0.15, 0.2) is 0 Å². The molecule has 0 bridgehead atoms. The van der Waals surface area contributed by atoms with Gasteiger partial charge in [-0.3, -0.25) is 0 Å². The quantitative estimate of drug-likeness (QED) is 0.765. The highest BCUT2D eigenvalue weighted by atomic mass is 15.2. The lowest BCUT2D eigenvalue weighted by Gasteiger charge is -2.49. The summed E-state index contributed by atoms with van der Waals surface area (Å²) in [7, 11) is 4.59. The molecule has 2 heteroatoms. The summed E-state index contributed by atoms with van der Waals surface area (Å²) in [6.45, 7) is 3.37. The first-order chi connectivity index (χ1) is 8.19. The average Bonchev–Trinajstić information content (AvgIpc) is 3.13. The molecule has 0 aromatic rings. The van der Waals surface area contributed by atoms with Crippen LogP contribution in [0.1, 0.15) is 58.3 Å². The maximum atomic E-state index is 3.80. The van der Waals surface area contributed by atoms with Crippen LogP contribution in [0.2, 0.25) is 0 Å². The molecule has 0 spiro atoms. The van der Waals surface area contributed by atoms with Crippen molar-refractivity contribution >= 4 is 0 Å². The summed E-state index contributed by atoms with van der Waals surface area (Å²) in [6, 6.07) is 0.718. The molecule has 1 atom stereocenters. The molecule has 0 saturated heterocycles. The van der Waals surface area contributed by atoms with E-state index in [-0.39, 0.29) is 0 Å². The summed E-state index contributed by atoms with van der Waals surface area (Å²) in [4.78, 5) is 2.53. The second-order valence-electron chi connectivity index (χ2n) is 6.35. The first-order valence-electron chi connectivity index (χ1n) is 7.60. The van der Waals surface area contributed by atoms with Gasteiger partial charge in [-0.25, -0.2) is 0 Å². The Morgan fingerprint density at radius 2 is 1.82 bits per heavy atom. The Hall–Kier alpha value is -0.0800. The molecule has 0 aliphatic heterocycles. The summed E-state index contributed by atoms with van der Waals surface area (Å²) >= 11 is 0. The lowest BCUT2D eigenvalue weighted by molar-refractivity contribution is 0.0519. The van der Waals surface area contributed by atoms with E-state index in [0.717, 1.165) is 18.5 Å². The Morgan fingerprint density at radius 1 is 1.18 bits per heavy atom. The molecule has 0 heterocycles. The van der Waals surface area contributed by atoms with Crippen LogP contribution >= 0.6 is 0 Å². The molecule has 2 nitrogen and oxygen atoms in total. The van der Waals surface area contributed by atoms with Gasteiger partial charge in [-0.05, 0) is 45.8 Å². The Morgan fingerprint density at radius 3 is 2.29 bits per heavy atom. The average molecular weight is 238 g/mol. The molecule has 2 rings (SSSR count). The molecule has 2 fully saturated rings. The van der Waals surface area contributed by atoms with Crippen molar-refractivity contribution in [3.63, 3.8) is 0 Å². The van der Waals surface area contributed by atoms with Crippen LogP contribution in [0.4, 0.5) is 0 Å². The normalized spacial score (nSPS) is 26.1. The molecule has 0 aromatic heterocycles. The van der Waals surface area contributed by atoms with Crippen molar-refractivity contribution in [3.05, 3.63) is 0 Å². The third-order valence-electron chi connectivity index (χ3n) is 4.98. The Bertz CT molecular complexity index is 227. The van der Waals surface area contributed by atoms with Gasteiger partial charge in [0.15, 0.2) is 0 Å². The molecule has 0 aromatic carbocycles. The minimum atomic E-state index is 0.441. The molecule has 0 amide bonds. The number of likely N-dealkylation sites (N-methyl/N-ethyl adjacent to an activating group) is 2. The zero-order valence-electron chi connectivity index (χ0n) is 12.0. The van der Waals surface area contributed by atoms with Crippen molar-refractivity contribution < 1.29 is 0 Å². The predicted octanol–water partition coefficient (Wildman–Crippen LogP) is 3.03. The van der Waals surface area contributed by atoms with Gasteiger partial charge in [-0.1, -0.05) is 39.0 Å². The van der Waals surface area contributed by atoms with Crippen LogP contribution in [0.5, 0.6) is 0 Å². The van der Waals surface area contributed by atoms with E-state index >= 15 is 0 Å². The minimum absolute atomic E-state index is 0.441. The van der Waals surface area contributed by atoms with Crippen LogP contribution in [0.25, 0.3) is 0 Å². The van der Waals surface area contributed by atoms with Gasteiger partial charge in [0.05, 0.1) is 0 Å². The third kappa shape index (κ3) is 3.03. The van der Waals surface area contributed by atoms with Crippen molar-refractivity contribution in [1.82, 2.24) is 10.2 Å². The molecular weight excluding hydrogens is 208 g/mol. The van der Waals surface area contributed by atoms with Crippen molar-refractivity contribution in [1.29, 1.82) is 0 Å². The highest BCUT2D eigenvalue weighted by Crippen LogP contribution is 2.41. The fourth-order valence-corrected chi connectivity index (χ4v) is 3.70. The molecule has 100 valence electrons. The van der Waals surface area contributed by atoms with Crippen molar-refractivity contribution in [3.8, 4) is 0 Å². The highest BCUT2D eigenvalue weighted by molar-refractivity contribution is 5.02. The van der Waals surface area contributed by atoms with Gasteiger partial charge < -0.3 is 10.2 Å². The van der Waals surface area contributed by atoms with Crippen LogP contribution in [0.3, 0.4) is 0 Å². The van der Waals surface area contributed by atoms with E-state index in [9.17, 15) is 0 Å². The number of nitrogens with one attached hydrogen (secondary N) is 1. The van der Waals surface area contributed by atoms with Gasteiger partial charge >= 0.3 is 0 Å². The van der Waals surface area contributed by atoms with Gasteiger partial charge in [-0.2, -0.15) is 0 Å². The van der Waals surface area contributed by atoms with Gasteiger partial charge in [0, 0.05) is 11.6 Å². The molecule has 2 saturated carbocycles. The highest BCUT2D eigenvalue weighted by Gasteiger charge is 2.43. The molecule has 17 heavy (non-hydrogen) atoms. The monoisotopic (exact) mass is 238 g/mol. The van der Waals surface area contributed by atoms with Crippen molar-refractivity contribution in [2.24, 2.45) is 5.92 Å². The maximum Gasteiger partial charge on any atom is 0.0356 e. The lowest BCUT2D eigenvalue weighted by atomic mass is 9.73. The fourth-order valence-electron chi connectivity index (χ4n) is 3.70. The zero-order valence-corrected chi connectivity index (χ0v) is 12.0. The van der Waals surface area contributed by atoms with Crippen molar-refractivity contribution in [2.75, 3.05) is 20.6 Å². The largest absolute Gasteiger partial charge is 0.312 e. The fraction of sp³-hybridized carbons (Fsp3) is 1.00. The SMILES string of the molecule is CCNC(CC1CC1)C1(N(C)C)CCCCC1. The second kappa shape index (κ2) is 5.71. The second-order valence-corrected chi connectivity index (χ2v) is 6.35. The van der Waals surface area contributed by atoms with E-state index in [1.807, 2.05) is 0 Å². The number of hydrogen-bond donors (Lipinski definition) is 1. The first-order valence-corrected chi connectivity index (χ1v) is 7.60. The van der Waals surface area contributed by atoms with Gasteiger partial charge in [0.2, 0.25) is 0 Å². The molecular formula is C15H30N2. The maximum absolute atomic E-state index is 3.80. The summed E-state index contributed by atoms with van der Waals surface area (Å²) in [5, 5.41) is 3.80. The van der Waals surface area contributed by atoms with Gasteiger partial charge in [0.1, 0.15) is 0 Å². The van der Waals surface area contributed by atoms with Gasteiger partial charge in [-0.15, -0.1) is 0 Å². The molecule has 1 unspecified atom stereocenters. The number of hydrogen-bond acceptors (Lipinski definition) is 2. The molecule has 2 aliphatic carbocycles. The van der Waals surface area contributed by atoms with Crippen LogP contribution in [-0.4, -0.2) is 37.1 Å². The minimum Gasteiger partial charge on any atom is -0.312 e. The molecule has 0 radical (unpaired) electrons. The van der Waals surface area contributed by atoms with Crippen LogP contribution in [0, 0.1) is 5.92 Å². The van der Waals surface area contributed by atoms with E-state index < -0.39 is 0 Å². The zero-order chi connectivity index (χ0) is 12.3. The molecule has 2 aliphatic rings. The van der Waals surface area contributed by atoms with Gasteiger partial charge in [0.25, 0.3) is 0 Å². The summed E-state index contributed by atoms with van der Waals surface area (Å²) in [5.74, 6) is 1.03. The lowest BCUT2D eigenvalue weighted by Crippen LogP contribution is -2.60. The summed E-state index contributed by atoms with van der Waals surface area (Å²) in [6.07, 6.45) is 11.4. The topological polar surface area (TPSA) is 15.3 Å². The van der Waals surface area contributed by atoms with E-state index in [4.69, 9.17) is 0 Å². The van der Waals surface area contributed by atoms with Crippen molar-refractivity contribution in [2.45, 2.75) is 69.9 Å². The standard InChI is InChI=1S/C15H30N2/c1-4-16-14(12-13-8-9-13)15(17(2)3)10-6-5-7-11-15/h13-14,16H,4-12H2,1-3H3. The number of rotatable bonds is 6. The summed E-state index contributed by atoms with van der Waals surface area (Å²) in [5.41, 5.74) is 0.441.